The third-order valence-corrected chi connectivity index (χ3v) is 3.80. The second-order valence-corrected chi connectivity index (χ2v) is 5.27. The molecule has 0 saturated heterocycles. The van der Waals surface area contributed by atoms with Crippen molar-refractivity contribution in [2.75, 3.05) is 5.75 Å². The van der Waals surface area contributed by atoms with Gasteiger partial charge in [-0.15, -0.1) is 0 Å². The van der Waals surface area contributed by atoms with E-state index >= 15 is 0 Å². The van der Waals surface area contributed by atoms with E-state index in [-0.39, 0.29) is 0 Å². The van der Waals surface area contributed by atoms with Crippen LogP contribution < -0.4 is 0 Å². The summed E-state index contributed by atoms with van der Waals surface area (Å²) >= 11 is 0. The third-order valence-electron chi connectivity index (χ3n) is 2.36. The van der Waals surface area contributed by atoms with E-state index in [0.29, 0.717) is 10.6 Å². The van der Waals surface area contributed by atoms with Gasteiger partial charge < -0.3 is 5.11 Å². The lowest BCUT2D eigenvalue weighted by Gasteiger charge is -2.04. The molecule has 17 heavy (non-hydrogen) atoms. The molecule has 0 saturated carbocycles. The van der Waals surface area contributed by atoms with Gasteiger partial charge in [-0.3, -0.25) is 4.21 Å². The van der Waals surface area contributed by atoms with Crippen LogP contribution in [0.3, 0.4) is 0 Å². The zero-order valence-corrected chi connectivity index (χ0v) is 10.4. The van der Waals surface area contributed by atoms with Crippen LogP contribution in [0, 0.1) is 5.82 Å². The summed E-state index contributed by atoms with van der Waals surface area (Å²) in [5, 5.41) is 8.75. The molecular formula is C12H15FO3S. The average molecular weight is 258 g/mol. The highest BCUT2D eigenvalue weighted by Gasteiger charge is 2.13. The molecule has 1 aromatic carbocycles. The molecule has 0 aliphatic heterocycles. The second-order valence-electron chi connectivity index (χ2n) is 3.70. The lowest BCUT2D eigenvalue weighted by Crippen LogP contribution is -2.04. The fourth-order valence-electron chi connectivity index (χ4n) is 1.41. The summed E-state index contributed by atoms with van der Waals surface area (Å²) in [6, 6.07) is 3.58. The number of halogens is 1. The highest BCUT2D eigenvalue weighted by molar-refractivity contribution is 7.85. The minimum atomic E-state index is -1.34. The van der Waals surface area contributed by atoms with E-state index in [1.807, 2.05) is 6.92 Å². The van der Waals surface area contributed by atoms with Crippen LogP contribution in [-0.2, 0) is 10.8 Å². The number of rotatable bonds is 6. The Morgan fingerprint density at radius 1 is 1.41 bits per heavy atom. The van der Waals surface area contributed by atoms with Crippen LogP contribution in [0.2, 0.25) is 0 Å². The first-order valence-corrected chi connectivity index (χ1v) is 6.79. The Morgan fingerprint density at radius 3 is 2.71 bits per heavy atom. The maximum Gasteiger partial charge on any atom is 0.338 e. The number of carboxylic acid groups (broad SMARTS) is 1. The van der Waals surface area contributed by atoms with Crippen molar-refractivity contribution < 1.29 is 18.5 Å². The van der Waals surface area contributed by atoms with Crippen LogP contribution in [0.15, 0.2) is 23.1 Å². The number of hydrogen-bond acceptors (Lipinski definition) is 2. The Bertz CT molecular complexity index is 432. The van der Waals surface area contributed by atoms with Gasteiger partial charge >= 0.3 is 5.97 Å². The Labute approximate surface area is 102 Å². The number of carboxylic acids is 1. The smallest absolute Gasteiger partial charge is 0.338 e. The van der Waals surface area contributed by atoms with Gasteiger partial charge in [0.05, 0.1) is 16.4 Å². The van der Waals surface area contributed by atoms with Crippen molar-refractivity contribution in [3.63, 3.8) is 0 Å². The summed E-state index contributed by atoms with van der Waals surface area (Å²) in [6.07, 6.45) is 2.84. The van der Waals surface area contributed by atoms with Gasteiger partial charge in [0.15, 0.2) is 0 Å². The van der Waals surface area contributed by atoms with E-state index < -0.39 is 28.1 Å². The third kappa shape index (κ3) is 3.93. The van der Waals surface area contributed by atoms with Crippen molar-refractivity contribution in [1.82, 2.24) is 0 Å². The van der Waals surface area contributed by atoms with Crippen molar-refractivity contribution in [3.05, 3.63) is 29.6 Å². The molecule has 0 aromatic heterocycles. The van der Waals surface area contributed by atoms with Crippen molar-refractivity contribution in [3.8, 4) is 0 Å². The van der Waals surface area contributed by atoms with E-state index in [4.69, 9.17) is 5.11 Å². The van der Waals surface area contributed by atoms with Crippen LogP contribution in [-0.4, -0.2) is 21.0 Å². The maximum absolute atomic E-state index is 13.1. The first-order valence-electron chi connectivity index (χ1n) is 5.47. The topological polar surface area (TPSA) is 54.4 Å². The fraction of sp³-hybridized carbons (Fsp3) is 0.417. The van der Waals surface area contributed by atoms with Gasteiger partial charge in [-0.05, 0) is 24.6 Å². The van der Waals surface area contributed by atoms with E-state index in [2.05, 4.69) is 0 Å². The summed E-state index contributed by atoms with van der Waals surface area (Å²) in [7, 11) is -1.25. The molecule has 0 fully saturated rings. The SMILES string of the molecule is CCCCCS(=O)c1ccc(F)c(C(=O)O)c1. The molecule has 1 N–H and O–H groups in total. The zero-order chi connectivity index (χ0) is 12.8. The Morgan fingerprint density at radius 2 is 2.12 bits per heavy atom. The Hall–Kier alpha value is -1.23. The minimum absolute atomic E-state index is 0.375. The highest BCUT2D eigenvalue weighted by Crippen LogP contribution is 2.15. The van der Waals surface area contributed by atoms with E-state index in [0.717, 1.165) is 31.4 Å². The first kappa shape index (κ1) is 13.8. The minimum Gasteiger partial charge on any atom is -0.478 e. The van der Waals surface area contributed by atoms with Gasteiger partial charge in [-0.25, -0.2) is 9.18 Å². The summed E-state index contributed by atoms with van der Waals surface area (Å²) in [6.45, 7) is 2.04. The molecule has 1 unspecified atom stereocenters. The molecule has 0 bridgehead atoms. The lowest BCUT2D eigenvalue weighted by molar-refractivity contribution is 0.0691. The molecule has 1 aromatic rings. The number of aromatic carboxylic acids is 1. The quantitative estimate of drug-likeness (QED) is 0.798. The predicted molar refractivity (Wildman–Crippen MR) is 64.2 cm³/mol. The summed E-state index contributed by atoms with van der Waals surface area (Å²) in [5.41, 5.74) is -0.425. The number of benzene rings is 1. The molecule has 94 valence electrons. The average Bonchev–Trinajstić information content (AvgIpc) is 2.29. The van der Waals surface area contributed by atoms with Crippen LogP contribution in [0.5, 0.6) is 0 Å². The van der Waals surface area contributed by atoms with E-state index in [9.17, 15) is 13.4 Å². The molecule has 0 amide bonds. The van der Waals surface area contributed by atoms with Crippen LogP contribution >= 0.6 is 0 Å². The molecular weight excluding hydrogens is 243 g/mol. The molecule has 0 heterocycles. The molecule has 1 rings (SSSR count). The van der Waals surface area contributed by atoms with Gasteiger partial charge in [-0.2, -0.15) is 0 Å². The van der Waals surface area contributed by atoms with Crippen LogP contribution in [0.1, 0.15) is 36.5 Å². The Kier molecular flexibility index (Phi) is 5.28. The zero-order valence-electron chi connectivity index (χ0n) is 9.61. The molecule has 0 aliphatic rings. The van der Waals surface area contributed by atoms with Crippen LogP contribution in [0.4, 0.5) is 4.39 Å². The van der Waals surface area contributed by atoms with Gasteiger partial charge in [0.1, 0.15) is 5.82 Å². The molecule has 1 atom stereocenters. The molecule has 0 spiro atoms. The molecule has 0 aliphatic carbocycles. The molecule has 5 heteroatoms. The second kappa shape index (κ2) is 6.49. The summed E-state index contributed by atoms with van der Waals surface area (Å²) in [4.78, 5) is 11.1. The van der Waals surface area contributed by atoms with Crippen LogP contribution in [0.25, 0.3) is 0 Å². The maximum atomic E-state index is 13.1. The lowest BCUT2D eigenvalue weighted by atomic mass is 10.2. The number of carbonyl (C=O) groups is 1. The van der Waals surface area contributed by atoms with Gasteiger partial charge in [0.25, 0.3) is 0 Å². The van der Waals surface area contributed by atoms with Gasteiger partial charge in [0.2, 0.25) is 0 Å². The van der Waals surface area contributed by atoms with Gasteiger partial charge in [0, 0.05) is 10.6 Å². The fourth-order valence-corrected chi connectivity index (χ4v) is 2.58. The van der Waals surface area contributed by atoms with E-state index in [1.54, 1.807) is 0 Å². The number of hydrogen-bond donors (Lipinski definition) is 1. The van der Waals surface area contributed by atoms with Crippen molar-refractivity contribution in [2.45, 2.75) is 31.1 Å². The predicted octanol–water partition coefficient (Wildman–Crippen LogP) is 2.82. The monoisotopic (exact) mass is 258 g/mol. The standard InChI is InChI=1S/C12H15FO3S/c1-2-3-4-7-17(16)9-5-6-11(13)10(8-9)12(14)15/h5-6,8H,2-4,7H2,1H3,(H,14,15). The number of unbranched alkanes of at least 4 members (excludes halogenated alkanes) is 2. The van der Waals surface area contributed by atoms with Crippen molar-refractivity contribution in [2.24, 2.45) is 0 Å². The van der Waals surface area contributed by atoms with Crippen molar-refractivity contribution >= 4 is 16.8 Å². The highest BCUT2D eigenvalue weighted by atomic mass is 32.2. The Balaban J connectivity index is 2.81. The van der Waals surface area contributed by atoms with Gasteiger partial charge in [-0.1, -0.05) is 19.8 Å². The van der Waals surface area contributed by atoms with Crippen molar-refractivity contribution in [1.29, 1.82) is 0 Å². The largest absolute Gasteiger partial charge is 0.478 e. The molecule has 3 nitrogen and oxygen atoms in total. The summed E-state index contributed by atoms with van der Waals surface area (Å²) in [5.74, 6) is -1.65. The molecule has 0 radical (unpaired) electrons. The van der Waals surface area contributed by atoms with E-state index in [1.165, 1.54) is 6.07 Å². The first-order chi connectivity index (χ1) is 8.06. The summed E-state index contributed by atoms with van der Waals surface area (Å²) < 4.78 is 24.9. The normalized spacial score (nSPS) is 12.4.